The molecule has 0 N–H and O–H groups in total. The van der Waals surface area contributed by atoms with Crippen LogP contribution in [0.4, 0.5) is 0 Å². The van der Waals surface area contributed by atoms with Crippen LogP contribution in [0.2, 0.25) is 98.2 Å². The zero-order valence-electron chi connectivity index (χ0n) is 31.6. The van der Waals surface area contributed by atoms with E-state index in [1.807, 2.05) is 68.6 Å². The summed E-state index contributed by atoms with van der Waals surface area (Å²) < 4.78 is 55.2. The summed E-state index contributed by atoms with van der Waals surface area (Å²) in [5.41, 5.74) is 9.38. The van der Waals surface area contributed by atoms with Gasteiger partial charge in [0.25, 0.3) is 0 Å². The first-order chi connectivity index (χ1) is 19.9. The number of hydrogen-bond donors (Lipinski definition) is 0. The average Bonchev–Trinajstić information content (AvgIpc) is 2.86. The second-order valence-electron chi connectivity index (χ2n) is 14.1. The highest BCUT2D eigenvalue weighted by molar-refractivity contribution is 6.93. The summed E-state index contributed by atoms with van der Waals surface area (Å²) in [6, 6.07) is 0. The SMILES string of the molecule is C=C[Si](C)(C)O[Si](C)(C)O[Si](C)(OC)O[Si](C)(C)C=C.C=C[Si](C)(C)O[Si](C)(C=C)O[Si](C)(C)O[Si](C)(OC)O[Si](C)(C)C=C. The first-order valence-electron chi connectivity index (χ1n) is 15.1. The maximum absolute atomic E-state index is 6.42. The van der Waals surface area contributed by atoms with Crippen molar-refractivity contribution in [2.24, 2.45) is 0 Å². The van der Waals surface area contributed by atoms with E-state index in [1.165, 1.54) is 0 Å². The minimum absolute atomic E-state index is 1.62. The van der Waals surface area contributed by atoms with Crippen LogP contribution in [0, 0.1) is 0 Å². The third-order valence-corrected chi connectivity index (χ3v) is 37.9. The fraction of sp³-hybridized carbons (Fsp3) is 0.630. The molecule has 0 spiro atoms. The van der Waals surface area contributed by atoms with E-state index in [1.54, 1.807) is 19.9 Å². The van der Waals surface area contributed by atoms with Gasteiger partial charge in [0.05, 0.1) is 0 Å². The molecule has 0 rings (SSSR count). The molecular weight excluding hydrogens is 721 g/mol. The van der Waals surface area contributed by atoms with Gasteiger partial charge in [-0.2, -0.15) is 0 Å². The summed E-state index contributed by atoms with van der Waals surface area (Å²) in [5, 5.41) is 0. The maximum atomic E-state index is 6.42. The highest BCUT2D eigenvalue weighted by atomic mass is 28.5. The number of rotatable bonds is 21. The van der Waals surface area contributed by atoms with Crippen molar-refractivity contribution in [1.29, 1.82) is 0 Å². The third kappa shape index (κ3) is 19.8. The predicted molar refractivity (Wildman–Crippen MR) is 212 cm³/mol. The fourth-order valence-electron chi connectivity index (χ4n) is 4.01. The van der Waals surface area contributed by atoms with Crippen LogP contribution in [0.1, 0.15) is 0 Å². The monoisotopic (exact) mass is 786 g/mol. The zero-order chi connectivity index (χ0) is 36.4. The van der Waals surface area contributed by atoms with Crippen LogP contribution < -0.4 is 0 Å². The normalized spacial score (nSPS) is 17.4. The van der Waals surface area contributed by atoms with Crippen LogP contribution in [-0.2, 0) is 37.7 Å². The summed E-state index contributed by atoms with van der Waals surface area (Å²) >= 11 is 0. The van der Waals surface area contributed by atoms with Gasteiger partial charge in [-0.15, -0.1) is 32.9 Å². The molecule has 0 heterocycles. The molecule has 0 saturated heterocycles. The van der Waals surface area contributed by atoms with Gasteiger partial charge in [0.2, 0.25) is 16.6 Å². The topological polar surface area (TPSA) is 83.1 Å². The second-order valence-corrected chi connectivity index (χ2v) is 46.6. The van der Waals surface area contributed by atoms with Crippen molar-refractivity contribution >= 4 is 76.6 Å². The second kappa shape index (κ2) is 17.8. The van der Waals surface area contributed by atoms with Crippen molar-refractivity contribution in [2.45, 2.75) is 98.2 Å². The first kappa shape index (κ1) is 47.4. The Hall–Kier alpha value is 0.292. The average molecular weight is 788 g/mol. The molecule has 0 aromatic heterocycles. The van der Waals surface area contributed by atoms with Crippen molar-refractivity contribution < 1.29 is 37.7 Å². The molecule has 0 aromatic rings. The van der Waals surface area contributed by atoms with Crippen molar-refractivity contribution in [3.05, 3.63) is 61.4 Å². The Morgan fingerprint density at radius 3 is 0.867 bits per heavy atom. The van der Waals surface area contributed by atoms with Gasteiger partial charge in [-0.25, -0.2) is 0 Å². The molecule has 0 aliphatic carbocycles. The van der Waals surface area contributed by atoms with Crippen LogP contribution in [0.3, 0.4) is 0 Å². The third-order valence-electron chi connectivity index (χ3n) is 6.26. The molecule has 0 amide bonds. The Kier molecular flexibility index (Phi) is 18.8. The standard InChI is InChI=1S/C15H36O5Si5.C12H30O4Si4/c1-13-21(5,6)17-24(11,15-3)19-23(9,10)20-25(12,16-4)18-22(7,8)14-2;1-11-17(4,5)14-19(8,9)16-20(10,13-3)15-18(6,7)12-2/h13-15H,1-3H2,4-12H3;11-12H,1-2H2,3-10H3. The highest BCUT2D eigenvalue weighted by Gasteiger charge is 2.49. The Labute approximate surface area is 286 Å². The lowest BCUT2D eigenvalue weighted by atomic mass is 11.3. The summed E-state index contributed by atoms with van der Waals surface area (Å²) in [7, 11) is -17.7. The summed E-state index contributed by atoms with van der Waals surface area (Å²) in [4.78, 5) is 0. The van der Waals surface area contributed by atoms with Crippen molar-refractivity contribution in [3.8, 4) is 0 Å². The molecule has 3 atom stereocenters. The lowest BCUT2D eigenvalue weighted by Gasteiger charge is -2.41. The number of hydrogen-bond acceptors (Lipinski definition) is 9. The van der Waals surface area contributed by atoms with Crippen molar-refractivity contribution in [2.75, 3.05) is 14.2 Å². The molecule has 0 radical (unpaired) electrons. The van der Waals surface area contributed by atoms with Gasteiger partial charge in [0.15, 0.2) is 16.6 Å². The molecule has 18 heteroatoms. The van der Waals surface area contributed by atoms with Gasteiger partial charge in [0, 0.05) is 27.3 Å². The minimum Gasteiger partial charge on any atom is -0.433 e. The van der Waals surface area contributed by atoms with Gasteiger partial charge in [-0.1, -0.05) is 28.5 Å². The Balaban J connectivity index is 0. The molecule has 0 aliphatic rings. The van der Waals surface area contributed by atoms with Crippen molar-refractivity contribution in [1.82, 2.24) is 0 Å². The maximum Gasteiger partial charge on any atom is 0.478 e. The van der Waals surface area contributed by atoms with E-state index in [9.17, 15) is 0 Å². The van der Waals surface area contributed by atoms with Gasteiger partial charge in [0.1, 0.15) is 0 Å². The van der Waals surface area contributed by atoms with Crippen LogP contribution in [0.5, 0.6) is 0 Å². The van der Waals surface area contributed by atoms with E-state index in [4.69, 9.17) is 37.7 Å². The van der Waals surface area contributed by atoms with E-state index in [-0.39, 0.29) is 0 Å². The molecule has 0 aromatic carbocycles. The van der Waals surface area contributed by atoms with Gasteiger partial charge in [-0.05, 0) is 85.1 Å². The van der Waals surface area contributed by atoms with E-state index in [0.717, 1.165) is 0 Å². The highest BCUT2D eigenvalue weighted by Crippen LogP contribution is 2.28. The van der Waals surface area contributed by atoms with Gasteiger partial charge >= 0.3 is 43.3 Å². The van der Waals surface area contributed by atoms with Crippen LogP contribution in [0.15, 0.2) is 61.4 Å². The summed E-state index contributed by atoms with van der Waals surface area (Å²) in [6.07, 6.45) is 0. The zero-order valence-corrected chi connectivity index (χ0v) is 40.6. The molecule has 9 nitrogen and oxygen atoms in total. The smallest absolute Gasteiger partial charge is 0.433 e. The largest absolute Gasteiger partial charge is 0.478 e. The summed E-state index contributed by atoms with van der Waals surface area (Å²) in [5.74, 6) is 0. The van der Waals surface area contributed by atoms with E-state index < -0.39 is 76.6 Å². The van der Waals surface area contributed by atoms with E-state index in [0.29, 0.717) is 0 Å². The summed E-state index contributed by atoms with van der Waals surface area (Å²) in [6.45, 7) is 49.9. The minimum atomic E-state index is -2.84. The molecular formula is C27H66O9Si9. The quantitative estimate of drug-likeness (QED) is 0.107. The van der Waals surface area contributed by atoms with Gasteiger partial charge in [-0.3, -0.25) is 0 Å². The molecule has 0 saturated carbocycles. The molecule has 0 bridgehead atoms. The molecule has 0 fully saturated rings. The van der Waals surface area contributed by atoms with Crippen LogP contribution in [-0.4, -0.2) is 90.8 Å². The fourth-order valence-corrected chi connectivity index (χ4v) is 38.0. The molecule has 0 aliphatic heterocycles. The van der Waals surface area contributed by atoms with Crippen LogP contribution in [0.25, 0.3) is 0 Å². The lowest BCUT2D eigenvalue weighted by molar-refractivity contribution is 0.187. The van der Waals surface area contributed by atoms with E-state index in [2.05, 4.69) is 85.3 Å². The van der Waals surface area contributed by atoms with Crippen LogP contribution >= 0.6 is 0 Å². The molecule has 45 heavy (non-hydrogen) atoms. The Morgan fingerprint density at radius 2 is 0.600 bits per heavy atom. The molecule has 264 valence electrons. The Morgan fingerprint density at radius 1 is 0.333 bits per heavy atom. The first-order valence-corrected chi connectivity index (χ1v) is 39.5. The van der Waals surface area contributed by atoms with Crippen molar-refractivity contribution in [3.63, 3.8) is 0 Å². The molecule has 3 unspecified atom stereocenters. The predicted octanol–water partition coefficient (Wildman–Crippen LogP) is 8.44. The lowest BCUT2D eigenvalue weighted by Crippen LogP contribution is -2.60. The van der Waals surface area contributed by atoms with Gasteiger partial charge < -0.3 is 37.7 Å². The van der Waals surface area contributed by atoms with E-state index >= 15 is 0 Å². The Bertz CT molecular complexity index is 1010.